The molecule has 0 aromatic carbocycles. The van der Waals surface area contributed by atoms with E-state index in [2.05, 4.69) is 9.97 Å². The third-order valence-corrected chi connectivity index (χ3v) is 4.28. The van der Waals surface area contributed by atoms with E-state index in [0.29, 0.717) is 0 Å². The lowest BCUT2D eigenvalue weighted by atomic mass is 9.91. The topological polar surface area (TPSA) is 212 Å². The van der Waals surface area contributed by atoms with Crippen molar-refractivity contribution in [1.82, 2.24) is 9.97 Å². The summed E-state index contributed by atoms with van der Waals surface area (Å²) in [6.07, 6.45) is -6.98. The van der Waals surface area contributed by atoms with Crippen molar-refractivity contribution in [3.8, 4) is 0 Å². The van der Waals surface area contributed by atoms with Crippen LogP contribution in [0.25, 0.3) is 0 Å². The number of nitrogen functional groups attached to an aromatic ring is 2. The van der Waals surface area contributed by atoms with Crippen LogP contribution in [0, 0.1) is 0 Å². The van der Waals surface area contributed by atoms with E-state index in [9.17, 15) is 24.0 Å². The molecule has 14 nitrogen and oxygen atoms in total. The molecular formula is C18H24N4O10. The molecule has 0 aliphatic carbocycles. The number of nitrogens with two attached hydrogens (primary N) is 2. The van der Waals surface area contributed by atoms with Gasteiger partial charge in [-0.15, -0.1) is 0 Å². The molecule has 1 fully saturated rings. The molecular weight excluding hydrogens is 432 g/mol. The third-order valence-electron chi connectivity index (χ3n) is 4.28. The SMILES string of the molecule is CC(=O)OC[C@H]1O[C@@H](c2c(N)nc(N)[nH]c2=O)[C@H](OC(C)=O)[C@@H](OC(C)=O)[C@@H]1OC(C)=O. The number of aromatic amines is 1. The first-order valence-corrected chi connectivity index (χ1v) is 9.36. The predicted octanol–water partition coefficient (Wildman–Crippen LogP) is -1.27. The van der Waals surface area contributed by atoms with Gasteiger partial charge in [0.2, 0.25) is 5.95 Å². The molecule has 1 aromatic heterocycles. The van der Waals surface area contributed by atoms with Crippen molar-refractivity contribution in [2.45, 2.75) is 58.2 Å². The highest BCUT2D eigenvalue weighted by Gasteiger charge is 2.53. The average molecular weight is 456 g/mol. The number of carbonyl (C=O) groups is 4. The molecule has 0 amide bonds. The Morgan fingerprint density at radius 3 is 1.94 bits per heavy atom. The van der Waals surface area contributed by atoms with Gasteiger partial charge in [0.15, 0.2) is 18.3 Å². The fraction of sp³-hybridized carbons (Fsp3) is 0.556. The maximum Gasteiger partial charge on any atom is 0.303 e. The summed E-state index contributed by atoms with van der Waals surface area (Å²) in [5.41, 5.74) is 10.3. The fourth-order valence-electron chi connectivity index (χ4n) is 3.25. The molecule has 1 saturated heterocycles. The highest BCUT2D eigenvalue weighted by molar-refractivity contribution is 5.69. The number of ether oxygens (including phenoxy) is 5. The van der Waals surface area contributed by atoms with Gasteiger partial charge in [0.05, 0.1) is 5.56 Å². The Morgan fingerprint density at radius 1 is 0.906 bits per heavy atom. The Balaban J connectivity index is 2.65. The summed E-state index contributed by atoms with van der Waals surface area (Å²) in [6, 6.07) is 0. The third kappa shape index (κ3) is 5.94. The standard InChI is InChI=1S/C18H24N4O10/c1-6(23)28-5-10-12(29-7(2)24)14(30-8(3)25)15(31-9(4)26)13(32-10)11-16(19)21-18(20)22-17(11)27/h10,12-15H,5H2,1-4H3,(H5,19,20,21,22,27)/t10-,12-,13+,14+,15+/m1/s1. The van der Waals surface area contributed by atoms with Crippen molar-refractivity contribution in [3.05, 3.63) is 15.9 Å². The van der Waals surface area contributed by atoms with E-state index in [-0.39, 0.29) is 17.3 Å². The number of hydrogen-bond donors (Lipinski definition) is 3. The number of H-pyrrole nitrogens is 1. The first kappa shape index (κ1) is 24.6. The molecule has 0 radical (unpaired) electrons. The lowest BCUT2D eigenvalue weighted by molar-refractivity contribution is -0.254. The fourth-order valence-corrected chi connectivity index (χ4v) is 3.25. The van der Waals surface area contributed by atoms with Crippen LogP contribution in [0.4, 0.5) is 11.8 Å². The number of anilines is 2. The van der Waals surface area contributed by atoms with Gasteiger partial charge in [0.1, 0.15) is 24.6 Å². The van der Waals surface area contributed by atoms with Gasteiger partial charge in [-0.1, -0.05) is 0 Å². The molecule has 0 unspecified atom stereocenters. The van der Waals surface area contributed by atoms with Crippen LogP contribution < -0.4 is 17.0 Å². The van der Waals surface area contributed by atoms with Gasteiger partial charge in [0, 0.05) is 27.7 Å². The van der Waals surface area contributed by atoms with E-state index >= 15 is 0 Å². The van der Waals surface area contributed by atoms with Gasteiger partial charge in [-0.05, 0) is 0 Å². The number of rotatable bonds is 6. The lowest BCUT2D eigenvalue weighted by Gasteiger charge is -2.44. The molecule has 32 heavy (non-hydrogen) atoms. The number of hydrogen-bond acceptors (Lipinski definition) is 13. The molecule has 1 aromatic rings. The number of aromatic nitrogens is 2. The Kier molecular flexibility index (Phi) is 7.75. The van der Waals surface area contributed by atoms with E-state index in [1.165, 1.54) is 0 Å². The summed E-state index contributed by atoms with van der Waals surface area (Å²) < 4.78 is 26.7. The van der Waals surface area contributed by atoms with Gasteiger partial charge >= 0.3 is 23.9 Å². The van der Waals surface area contributed by atoms with Gasteiger partial charge in [-0.3, -0.25) is 29.0 Å². The minimum Gasteiger partial charge on any atom is -0.463 e. The Hall–Kier alpha value is -3.68. The first-order chi connectivity index (χ1) is 14.9. The number of carbonyl (C=O) groups excluding carboxylic acids is 4. The molecule has 1 aliphatic rings. The van der Waals surface area contributed by atoms with Crippen LogP contribution >= 0.6 is 0 Å². The zero-order valence-corrected chi connectivity index (χ0v) is 17.8. The highest BCUT2D eigenvalue weighted by atomic mass is 16.7. The number of nitrogens with zero attached hydrogens (tertiary/aromatic N) is 1. The maximum atomic E-state index is 12.6. The zero-order chi connectivity index (χ0) is 24.2. The molecule has 5 N–H and O–H groups in total. The molecule has 5 atom stereocenters. The Morgan fingerprint density at radius 2 is 1.44 bits per heavy atom. The number of esters is 4. The minimum atomic E-state index is -1.48. The second-order valence-corrected chi connectivity index (χ2v) is 6.87. The predicted molar refractivity (Wildman–Crippen MR) is 105 cm³/mol. The van der Waals surface area contributed by atoms with E-state index < -0.39 is 66.6 Å². The van der Waals surface area contributed by atoms with Crippen molar-refractivity contribution in [2.24, 2.45) is 0 Å². The van der Waals surface area contributed by atoms with Crippen molar-refractivity contribution < 1.29 is 42.9 Å². The summed E-state index contributed by atoms with van der Waals surface area (Å²) >= 11 is 0. The lowest BCUT2D eigenvalue weighted by Crippen LogP contribution is -2.60. The van der Waals surface area contributed by atoms with Crippen molar-refractivity contribution in [1.29, 1.82) is 0 Å². The second-order valence-electron chi connectivity index (χ2n) is 6.87. The largest absolute Gasteiger partial charge is 0.463 e. The van der Waals surface area contributed by atoms with E-state index in [0.717, 1.165) is 27.7 Å². The molecule has 176 valence electrons. The van der Waals surface area contributed by atoms with E-state index in [4.69, 9.17) is 35.2 Å². The first-order valence-electron chi connectivity index (χ1n) is 9.36. The van der Waals surface area contributed by atoms with Gasteiger partial charge in [-0.25, -0.2) is 0 Å². The summed E-state index contributed by atoms with van der Waals surface area (Å²) in [7, 11) is 0. The van der Waals surface area contributed by atoms with Crippen molar-refractivity contribution in [2.75, 3.05) is 18.1 Å². The van der Waals surface area contributed by atoms with E-state index in [1.807, 2.05) is 0 Å². The van der Waals surface area contributed by atoms with Crippen LogP contribution in [-0.4, -0.2) is 64.9 Å². The van der Waals surface area contributed by atoms with Crippen LogP contribution in [0.2, 0.25) is 0 Å². The summed E-state index contributed by atoms with van der Waals surface area (Å²) in [5, 5.41) is 0. The Labute approximate surface area is 181 Å². The van der Waals surface area contributed by atoms with Crippen LogP contribution in [-0.2, 0) is 42.9 Å². The van der Waals surface area contributed by atoms with Crippen LogP contribution in [0.3, 0.4) is 0 Å². The number of nitrogens with one attached hydrogen (secondary N) is 1. The van der Waals surface area contributed by atoms with Crippen LogP contribution in [0.15, 0.2) is 4.79 Å². The average Bonchev–Trinajstić information content (AvgIpc) is 2.62. The summed E-state index contributed by atoms with van der Waals surface area (Å²) in [6.45, 7) is 3.93. The van der Waals surface area contributed by atoms with Gasteiger partial charge in [-0.2, -0.15) is 4.98 Å². The van der Waals surface area contributed by atoms with Crippen LogP contribution in [0.5, 0.6) is 0 Å². The minimum absolute atomic E-state index is 0.276. The highest BCUT2D eigenvalue weighted by Crippen LogP contribution is 2.37. The molecule has 14 heteroatoms. The van der Waals surface area contributed by atoms with Gasteiger partial charge < -0.3 is 35.2 Å². The monoisotopic (exact) mass is 456 g/mol. The molecule has 0 bridgehead atoms. The van der Waals surface area contributed by atoms with E-state index in [1.54, 1.807) is 0 Å². The molecule has 2 rings (SSSR count). The van der Waals surface area contributed by atoms with Gasteiger partial charge in [0.25, 0.3) is 5.56 Å². The molecule has 0 spiro atoms. The summed E-state index contributed by atoms with van der Waals surface area (Å²) in [4.78, 5) is 65.3. The van der Waals surface area contributed by atoms with Crippen LogP contribution in [0.1, 0.15) is 39.4 Å². The zero-order valence-electron chi connectivity index (χ0n) is 17.8. The maximum absolute atomic E-state index is 12.6. The smallest absolute Gasteiger partial charge is 0.303 e. The normalized spacial score (nSPS) is 24.8. The summed E-state index contributed by atoms with van der Waals surface area (Å²) in [5.74, 6) is -3.71. The quantitative estimate of drug-likeness (QED) is 0.337. The molecule has 1 aliphatic heterocycles. The molecule has 0 saturated carbocycles. The van der Waals surface area contributed by atoms with Crippen molar-refractivity contribution >= 4 is 35.6 Å². The molecule has 2 heterocycles. The second kappa shape index (κ2) is 10.1. The Bertz CT molecular complexity index is 962. The van der Waals surface area contributed by atoms with Crippen molar-refractivity contribution in [3.63, 3.8) is 0 Å².